The molecule has 3 rings (SSSR count). The van der Waals surface area contributed by atoms with Crippen molar-refractivity contribution in [3.63, 3.8) is 0 Å². The van der Waals surface area contributed by atoms with Gasteiger partial charge in [0.1, 0.15) is 11.5 Å². The van der Waals surface area contributed by atoms with Gasteiger partial charge in [0, 0.05) is 11.3 Å². The number of amides is 1. The van der Waals surface area contributed by atoms with Gasteiger partial charge in [-0.2, -0.15) is 0 Å². The van der Waals surface area contributed by atoms with Crippen LogP contribution in [0.4, 0.5) is 11.4 Å². The first kappa shape index (κ1) is 24.1. The lowest BCUT2D eigenvalue weighted by molar-refractivity contribution is -0.118. The lowest BCUT2D eigenvalue weighted by Gasteiger charge is -2.11. The number of Topliss-reactive ketones (excluding diaryl/α,β-unsaturated/α-hetero) is 1. The fourth-order valence-corrected chi connectivity index (χ4v) is 4.13. The summed E-state index contributed by atoms with van der Waals surface area (Å²) < 4.78 is 38.1. The second-order valence-electron chi connectivity index (χ2n) is 6.90. The van der Waals surface area contributed by atoms with Crippen LogP contribution in [-0.4, -0.2) is 33.8 Å². The summed E-state index contributed by atoms with van der Waals surface area (Å²) >= 11 is 6.03. The highest BCUT2D eigenvalue weighted by Crippen LogP contribution is 2.28. The molecule has 0 aliphatic carbocycles. The van der Waals surface area contributed by atoms with Crippen LogP contribution in [0.3, 0.4) is 0 Å². The fourth-order valence-electron chi connectivity index (χ4n) is 2.82. The molecular formula is C23H21ClN2O6S. The van der Waals surface area contributed by atoms with Crippen molar-refractivity contribution in [2.24, 2.45) is 0 Å². The van der Waals surface area contributed by atoms with Crippen molar-refractivity contribution in [2.75, 3.05) is 23.8 Å². The minimum absolute atomic E-state index is 0.00675. The van der Waals surface area contributed by atoms with E-state index >= 15 is 0 Å². The largest absolute Gasteiger partial charge is 0.495 e. The first-order valence-electron chi connectivity index (χ1n) is 9.68. The number of benzene rings is 3. The molecule has 0 radical (unpaired) electrons. The number of ketones is 1. The number of sulfonamides is 1. The molecule has 0 saturated heterocycles. The number of halogens is 1. The van der Waals surface area contributed by atoms with Gasteiger partial charge in [-0.15, -0.1) is 0 Å². The van der Waals surface area contributed by atoms with E-state index in [9.17, 15) is 18.0 Å². The lowest BCUT2D eigenvalue weighted by atomic mass is 10.1. The predicted molar refractivity (Wildman–Crippen MR) is 126 cm³/mol. The van der Waals surface area contributed by atoms with Gasteiger partial charge in [0.05, 0.1) is 22.7 Å². The van der Waals surface area contributed by atoms with Gasteiger partial charge >= 0.3 is 0 Å². The topological polar surface area (TPSA) is 111 Å². The molecule has 10 heteroatoms. The summed E-state index contributed by atoms with van der Waals surface area (Å²) in [5.41, 5.74) is 1.24. The highest BCUT2D eigenvalue weighted by atomic mass is 35.5. The summed E-state index contributed by atoms with van der Waals surface area (Å²) in [6.07, 6.45) is 0. The van der Waals surface area contributed by atoms with Gasteiger partial charge in [-0.1, -0.05) is 23.7 Å². The maximum Gasteiger partial charge on any atom is 0.262 e. The molecule has 0 aliphatic heterocycles. The number of carbonyl (C=O) groups is 2. The van der Waals surface area contributed by atoms with E-state index in [1.54, 1.807) is 30.3 Å². The molecule has 0 aromatic heterocycles. The van der Waals surface area contributed by atoms with Crippen LogP contribution in [0.1, 0.15) is 17.3 Å². The van der Waals surface area contributed by atoms with Gasteiger partial charge in [-0.25, -0.2) is 8.42 Å². The van der Waals surface area contributed by atoms with Crippen LogP contribution in [0.5, 0.6) is 11.5 Å². The molecular weight excluding hydrogens is 468 g/mol. The summed E-state index contributed by atoms with van der Waals surface area (Å²) in [5, 5.41) is 2.91. The molecule has 0 aliphatic rings. The van der Waals surface area contributed by atoms with E-state index in [4.69, 9.17) is 21.1 Å². The molecule has 0 unspecified atom stereocenters. The summed E-state index contributed by atoms with van der Waals surface area (Å²) in [6, 6.07) is 16.7. The van der Waals surface area contributed by atoms with Gasteiger partial charge in [-0.3, -0.25) is 14.3 Å². The first-order chi connectivity index (χ1) is 15.7. The Labute approximate surface area is 196 Å². The Bertz CT molecular complexity index is 1280. The highest BCUT2D eigenvalue weighted by Gasteiger charge is 2.15. The molecule has 0 saturated carbocycles. The Kier molecular flexibility index (Phi) is 7.57. The average Bonchev–Trinajstić information content (AvgIpc) is 2.78. The number of hydrogen-bond donors (Lipinski definition) is 2. The molecule has 0 heterocycles. The Morgan fingerprint density at radius 1 is 0.970 bits per heavy atom. The summed E-state index contributed by atoms with van der Waals surface area (Å²) in [4.78, 5) is 23.6. The Balaban J connectivity index is 1.59. The second kappa shape index (κ2) is 10.4. The van der Waals surface area contributed by atoms with Crippen molar-refractivity contribution in [1.82, 2.24) is 0 Å². The van der Waals surface area contributed by atoms with Gasteiger partial charge in [-0.05, 0) is 61.5 Å². The van der Waals surface area contributed by atoms with Crippen molar-refractivity contribution >= 4 is 44.7 Å². The molecule has 33 heavy (non-hydrogen) atoms. The number of methoxy groups -OCH3 is 1. The quantitative estimate of drug-likeness (QED) is 0.433. The minimum atomic E-state index is -3.86. The van der Waals surface area contributed by atoms with Gasteiger partial charge < -0.3 is 14.8 Å². The lowest BCUT2D eigenvalue weighted by Crippen LogP contribution is -2.20. The van der Waals surface area contributed by atoms with Crippen molar-refractivity contribution in [2.45, 2.75) is 11.8 Å². The third-order valence-electron chi connectivity index (χ3n) is 4.46. The van der Waals surface area contributed by atoms with Gasteiger partial charge in [0.2, 0.25) is 0 Å². The first-order valence-corrected chi connectivity index (χ1v) is 11.5. The third-order valence-corrected chi connectivity index (χ3v) is 6.15. The molecule has 0 spiro atoms. The summed E-state index contributed by atoms with van der Waals surface area (Å²) in [5.74, 6) is 0.207. The van der Waals surface area contributed by atoms with E-state index < -0.39 is 15.9 Å². The van der Waals surface area contributed by atoms with Crippen molar-refractivity contribution in [3.05, 3.63) is 77.3 Å². The molecule has 172 valence electrons. The zero-order chi connectivity index (χ0) is 24.0. The van der Waals surface area contributed by atoms with E-state index in [2.05, 4.69) is 10.0 Å². The maximum absolute atomic E-state index is 12.6. The molecule has 0 fully saturated rings. The Morgan fingerprint density at radius 3 is 2.33 bits per heavy atom. The van der Waals surface area contributed by atoms with Crippen molar-refractivity contribution in [3.8, 4) is 11.5 Å². The van der Waals surface area contributed by atoms with Crippen LogP contribution in [0, 0.1) is 0 Å². The van der Waals surface area contributed by atoms with Crippen LogP contribution in [0.15, 0.2) is 71.6 Å². The number of ether oxygens (including phenoxy) is 2. The van der Waals surface area contributed by atoms with Gasteiger partial charge in [0.15, 0.2) is 12.4 Å². The van der Waals surface area contributed by atoms with E-state index in [0.29, 0.717) is 22.7 Å². The predicted octanol–water partition coefficient (Wildman–Crippen LogP) is 4.37. The summed E-state index contributed by atoms with van der Waals surface area (Å²) in [6.45, 7) is 1.15. The number of anilines is 2. The number of carbonyl (C=O) groups excluding carboxylic acids is 2. The molecule has 8 nitrogen and oxygen atoms in total. The van der Waals surface area contributed by atoms with Crippen LogP contribution in [-0.2, 0) is 14.8 Å². The summed E-state index contributed by atoms with van der Waals surface area (Å²) in [7, 11) is -2.40. The van der Waals surface area contributed by atoms with E-state index in [0.717, 1.165) is 0 Å². The van der Waals surface area contributed by atoms with Crippen molar-refractivity contribution in [1.29, 1.82) is 0 Å². The second-order valence-corrected chi connectivity index (χ2v) is 8.99. The smallest absolute Gasteiger partial charge is 0.262 e. The fraction of sp³-hybridized carbons (Fsp3) is 0.130. The molecule has 3 aromatic rings. The molecule has 0 bridgehead atoms. The average molecular weight is 489 g/mol. The third kappa shape index (κ3) is 6.47. The number of rotatable bonds is 9. The van der Waals surface area contributed by atoms with Crippen LogP contribution < -0.4 is 19.5 Å². The Morgan fingerprint density at radius 2 is 1.70 bits per heavy atom. The monoisotopic (exact) mass is 488 g/mol. The highest BCUT2D eigenvalue weighted by molar-refractivity contribution is 7.92. The zero-order valence-electron chi connectivity index (χ0n) is 17.8. The zero-order valence-corrected chi connectivity index (χ0v) is 19.4. The van der Waals surface area contributed by atoms with E-state index in [-0.39, 0.29) is 28.0 Å². The van der Waals surface area contributed by atoms with Crippen LogP contribution in [0.2, 0.25) is 5.02 Å². The molecule has 1 amide bonds. The van der Waals surface area contributed by atoms with Crippen molar-refractivity contribution < 1.29 is 27.5 Å². The Hall–Kier alpha value is -3.56. The van der Waals surface area contributed by atoms with Crippen LogP contribution >= 0.6 is 11.6 Å². The standard InChI is InChI=1S/C23H21ClN2O6S/c1-15(27)16-4-3-5-17(12-16)25-23(28)14-32-19-7-9-20(10-8-19)33(29,30)26-18-6-11-22(31-2)21(24)13-18/h3-13,26H,14H2,1-2H3,(H,25,28). The molecule has 2 N–H and O–H groups in total. The normalized spacial score (nSPS) is 10.9. The SMILES string of the molecule is COc1ccc(NS(=O)(=O)c2ccc(OCC(=O)Nc3cccc(C(C)=O)c3)cc2)cc1Cl. The van der Waals surface area contributed by atoms with E-state index in [1.165, 1.54) is 50.4 Å². The van der Waals surface area contributed by atoms with Crippen LogP contribution in [0.25, 0.3) is 0 Å². The maximum atomic E-state index is 12.6. The molecule has 3 aromatic carbocycles. The minimum Gasteiger partial charge on any atom is -0.495 e. The number of hydrogen-bond acceptors (Lipinski definition) is 6. The molecule has 0 atom stereocenters. The number of nitrogens with one attached hydrogen (secondary N) is 2. The van der Waals surface area contributed by atoms with E-state index in [1.807, 2.05) is 0 Å². The van der Waals surface area contributed by atoms with Gasteiger partial charge in [0.25, 0.3) is 15.9 Å².